The average molecular weight is 640 g/mol. The molecule has 0 radical (unpaired) electrons. The molecule has 0 bridgehead atoms. The van der Waals surface area contributed by atoms with Gasteiger partial charge in [-0.3, -0.25) is 0 Å². The van der Waals surface area contributed by atoms with Gasteiger partial charge < -0.3 is 8.98 Å². The lowest BCUT2D eigenvalue weighted by Gasteiger charge is -2.09. The summed E-state index contributed by atoms with van der Waals surface area (Å²) in [4.78, 5) is 10.1. The van der Waals surface area contributed by atoms with Gasteiger partial charge in [-0.1, -0.05) is 133 Å². The molecule has 0 aliphatic heterocycles. The van der Waals surface area contributed by atoms with Crippen LogP contribution in [0.1, 0.15) is 0 Å². The van der Waals surface area contributed by atoms with E-state index in [9.17, 15) is 0 Å². The minimum atomic E-state index is 0.677. The van der Waals surface area contributed by atoms with Crippen molar-refractivity contribution in [2.24, 2.45) is 0 Å². The van der Waals surface area contributed by atoms with Crippen molar-refractivity contribution in [3.05, 3.63) is 176 Å². The number of furan rings is 1. The first-order chi connectivity index (χ1) is 24.8. The zero-order valence-corrected chi connectivity index (χ0v) is 27.0. The van der Waals surface area contributed by atoms with Crippen molar-refractivity contribution < 1.29 is 4.42 Å². The van der Waals surface area contributed by atoms with Crippen molar-refractivity contribution in [2.45, 2.75) is 0 Å². The maximum absolute atomic E-state index is 6.78. The second-order valence-corrected chi connectivity index (χ2v) is 12.6. The van der Waals surface area contributed by atoms with Crippen molar-refractivity contribution >= 4 is 43.9 Å². The monoisotopic (exact) mass is 639 g/mol. The van der Waals surface area contributed by atoms with Gasteiger partial charge in [0.25, 0.3) is 0 Å². The summed E-state index contributed by atoms with van der Waals surface area (Å²) in [6.07, 6.45) is 0. The van der Waals surface area contributed by atoms with Gasteiger partial charge in [0.05, 0.1) is 11.0 Å². The number of rotatable bonds is 5. The van der Waals surface area contributed by atoms with Crippen LogP contribution in [0.15, 0.2) is 180 Å². The van der Waals surface area contributed by atoms with Crippen molar-refractivity contribution in [1.82, 2.24) is 14.5 Å². The lowest BCUT2D eigenvalue weighted by atomic mass is 9.97. The smallest absolute Gasteiger partial charge is 0.180 e. The number of hydrogen-bond donors (Lipinski definition) is 0. The molecule has 0 amide bonds. The minimum absolute atomic E-state index is 0.677. The third kappa shape index (κ3) is 4.54. The highest BCUT2D eigenvalue weighted by Gasteiger charge is 2.20. The third-order valence-electron chi connectivity index (χ3n) is 9.61. The van der Waals surface area contributed by atoms with Gasteiger partial charge in [0.15, 0.2) is 11.4 Å². The van der Waals surface area contributed by atoms with Gasteiger partial charge in [0.2, 0.25) is 0 Å². The fourth-order valence-electron chi connectivity index (χ4n) is 7.27. The SMILES string of the molecule is c1ccc(-c2nc(-c3ccccc3)c3oc4c(-c5cccc(-c6ccc7c(c6)c6ccccc6n7-c6ccccc6)c5)cccc4c3n2)cc1. The molecule has 0 saturated heterocycles. The van der Waals surface area contributed by atoms with Gasteiger partial charge in [-0.25, -0.2) is 9.97 Å². The van der Waals surface area contributed by atoms with Crippen LogP contribution in [0.2, 0.25) is 0 Å². The fraction of sp³-hybridized carbons (Fsp3) is 0. The van der Waals surface area contributed by atoms with E-state index in [1.54, 1.807) is 0 Å². The lowest BCUT2D eigenvalue weighted by Crippen LogP contribution is -1.93. The molecule has 0 N–H and O–H groups in total. The van der Waals surface area contributed by atoms with Gasteiger partial charge in [0.1, 0.15) is 16.8 Å². The molecule has 4 heteroatoms. The molecule has 0 fully saturated rings. The molecule has 7 aromatic carbocycles. The molecule has 10 aromatic rings. The largest absolute Gasteiger partial charge is 0.451 e. The van der Waals surface area contributed by atoms with Gasteiger partial charge in [-0.15, -0.1) is 0 Å². The molecular weight excluding hydrogens is 611 g/mol. The standard InChI is InChI=1S/C46H29N3O/c1-4-14-30(15-5-1)42-45-43(48-46(47-42)31-16-6-2-7-17-31)38-24-13-23-36(44(38)50-45)34-19-12-18-32(28-34)33-26-27-41-39(29-33)37-22-10-11-25-40(37)49(41)35-20-8-3-9-21-35/h1-29H. The zero-order chi connectivity index (χ0) is 33.0. The molecule has 0 aliphatic rings. The van der Waals surface area contributed by atoms with Gasteiger partial charge in [-0.2, -0.15) is 0 Å². The first-order valence-electron chi connectivity index (χ1n) is 16.8. The number of para-hydroxylation sites is 3. The molecule has 234 valence electrons. The summed E-state index contributed by atoms with van der Waals surface area (Å²) in [5.74, 6) is 0.677. The Hall–Kier alpha value is -6.78. The van der Waals surface area contributed by atoms with E-state index in [0.29, 0.717) is 11.4 Å². The van der Waals surface area contributed by atoms with E-state index in [4.69, 9.17) is 14.4 Å². The van der Waals surface area contributed by atoms with Crippen LogP contribution in [-0.4, -0.2) is 14.5 Å². The van der Waals surface area contributed by atoms with Crippen LogP contribution < -0.4 is 0 Å². The van der Waals surface area contributed by atoms with E-state index in [1.807, 2.05) is 48.5 Å². The second kappa shape index (κ2) is 11.4. The van der Waals surface area contributed by atoms with Crippen LogP contribution in [0.5, 0.6) is 0 Å². The van der Waals surface area contributed by atoms with Crippen LogP contribution in [-0.2, 0) is 0 Å². The number of hydrogen-bond acceptors (Lipinski definition) is 3. The van der Waals surface area contributed by atoms with Gasteiger partial charge in [-0.05, 0) is 59.2 Å². The van der Waals surface area contributed by atoms with Crippen LogP contribution in [0.3, 0.4) is 0 Å². The molecule has 0 saturated carbocycles. The Bertz CT molecular complexity index is 2850. The summed E-state index contributed by atoms with van der Waals surface area (Å²) in [6.45, 7) is 0. The van der Waals surface area contributed by atoms with Crippen LogP contribution in [0.25, 0.3) is 94.5 Å². The maximum atomic E-state index is 6.78. The van der Waals surface area contributed by atoms with Crippen molar-refractivity contribution in [1.29, 1.82) is 0 Å². The lowest BCUT2D eigenvalue weighted by molar-refractivity contribution is 0.668. The predicted octanol–water partition coefficient (Wildman–Crippen LogP) is 12.1. The van der Waals surface area contributed by atoms with Crippen LogP contribution in [0.4, 0.5) is 0 Å². The molecule has 3 heterocycles. The number of aromatic nitrogens is 3. The second-order valence-electron chi connectivity index (χ2n) is 12.6. The van der Waals surface area contributed by atoms with E-state index in [1.165, 1.54) is 21.8 Å². The zero-order valence-electron chi connectivity index (χ0n) is 27.0. The van der Waals surface area contributed by atoms with E-state index in [0.717, 1.165) is 61.2 Å². The van der Waals surface area contributed by atoms with E-state index in [2.05, 4.69) is 132 Å². The molecule has 0 spiro atoms. The Labute approximate surface area is 288 Å². The summed E-state index contributed by atoms with van der Waals surface area (Å²) in [5, 5.41) is 3.43. The van der Waals surface area contributed by atoms with E-state index in [-0.39, 0.29) is 0 Å². The summed E-state index contributed by atoms with van der Waals surface area (Å²) in [6, 6.07) is 61.4. The highest BCUT2D eigenvalue weighted by molar-refractivity contribution is 6.12. The molecule has 0 aliphatic carbocycles. The summed E-state index contributed by atoms with van der Waals surface area (Å²) >= 11 is 0. The summed E-state index contributed by atoms with van der Waals surface area (Å²) in [7, 11) is 0. The van der Waals surface area contributed by atoms with E-state index >= 15 is 0 Å². The molecule has 0 unspecified atom stereocenters. The summed E-state index contributed by atoms with van der Waals surface area (Å²) in [5.41, 5.74) is 13.0. The minimum Gasteiger partial charge on any atom is -0.451 e. The van der Waals surface area contributed by atoms with Crippen molar-refractivity contribution in [2.75, 3.05) is 0 Å². The first kappa shape index (κ1) is 28.3. The maximum Gasteiger partial charge on any atom is 0.180 e. The number of nitrogens with zero attached hydrogens (tertiary/aromatic N) is 3. The first-order valence-corrected chi connectivity index (χ1v) is 16.8. The molecule has 0 atom stereocenters. The fourth-order valence-corrected chi connectivity index (χ4v) is 7.27. The normalized spacial score (nSPS) is 11.6. The van der Waals surface area contributed by atoms with Crippen LogP contribution in [0, 0.1) is 0 Å². The Balaban J connectivity index is 1.14. The third-order valence-corrected chi connectivity index (χ3v) is 9.61. The predicted molar refractivity (Wildman–Crippen MR) is 205 cm³/mol. The highest BCUT2D eigenvalue weighted by atomic mass is 16.3. The Kier molecular flexibility index (Phi) is 6.46. The van der Waals surface area contributed by atoms with Gasteiger partial charge >= 0.3 is 0 Å². The Morgan fingerprint density at radius 1 is 0.400 bits per heavy atom. The van der Waals surface area contributed by atoms with Crippen LogP contribution >= 0.6 is 0 Å². The average Bonchev–Trinajstić information content (AvgIpc) is 3.74. The molecule has 3 aromatic heterocycles. The van der Waals surface area contributed by atoms with E-state index < -0.39 is 0 Å². The van der Waals surface area contributed by atoms with Gasteiger partial charge in [0, 0.05) is 38.5 Å². The highest BCUT2D eigenvalue weighted by Crippen LogP contribution is 2.41. The van der Waals surface area contributed by atoms with Crippen molar-refractivity contribution in [3.8, 4) is 50.6 Å². The Morgan fingerprint density at radius 3 is 1.84 bits per heavy atom. The molecule has 10 rings (SSSR count). The Morgan fingerprint density at radius 2 is 1.02 bits per heavy atom. The van der Waals surface area contributed by atoms with Crippen molar-refractivity contribution in [3.63, 3.8) is 0 Å². The quantitative estimate of drug-likeness (QED) is 0.188. The topological polar surface area (TPSA) is 43.9 Å². The molecule has 50 heavy (non-hydrogen) atoms. The summed E-state index contributed by atoms with van der Waals surface area (Å²) < 4.78 is 9.13. The molecular formula is C46H29N3O. The number of benzene rings is 7. The number of fused-ring (bicyclic) bond motifs is 6. The molecule has 4 nitrogen and oxygen atoms in total.